The molecule has 0 saturated heterocycles. The number of alkyl halides is 1. The van der Waals surface area contributed by atoms with Gasteiger partial charge in [0.15, 0.2) is 0 Å². The van der Waals surface area contributed by atoms with Crippen molar-refractivity contribution in [2.45, 2.75) is 25.8 Å². The Morgan fingerprint density at radius 3 is 2.95 bits per heavy atom. The number of hydrogen-bond donors (Lipinski definition) is 1. The van der Waals surface area contributed by atoms with Crippen LogP contribution in [0.25, 0.3) is 11.0 Å². The van der Waals surface area contributed by atoms with Gasteiger partial charge in [0.05, 0.1) is 20.5 Å². The van der Waals surface area contributed by atoms with Gasteiger partial charge < -0.3 is 9.88 Å². The highest BCUT2D eigenvalue weighted by molar-refractivity contribution is 14.1. The fourth-order valence-corrected chi connectivity index (χ4v) is 2.68. The van der Waals surface area contributed by atoms with E-state index in [4.69, 9.17) is 11.6 Å². The zero-order chi connectivity index (χ0) is 14.7. The van der Waals surface area contributed by atoms with Crippen LogP contribution in [0.3, 0.4) is 0 Å². The number of imidazole rings is 1. The van der Waals surface area contributed by atoms with Crippen LogP contribution in [0.4, 0.5) is 4.39 Å². The normalized spacial score (nSPS) is 11.0. The minimum Gasteiger partial charge on any atom is -0.356 e. The number of rotatable bonds is 5. The first kappa shape index (κ1) is 15.5. The first-order chi connectivity index (χ1) is 9.56. The van der Waals surface area contributed by atoms with Crippen molar-refractivity contribution in [3.05, 3.63) is 27.3 Å². The van der Waals surface area contributed by atoms with Crippen molar-refractivity contribution in [2.24, 2.45) is 0 Å². The molecule has 0 unspecified atom stereocenters. The second-order valence-corrected chi connectivity index (χ2v) is 5.70. The Balaban J connectivity index is 2.35. The molecule has 0 bridgehead atoms. The lowest BCUT2D eigenvalue weighted by atomic mass is 10.3. The number of carbonyl (C=O) groups excluding carboxylic acids is 1. The van der Waals surface area contributed by atoms with Gasteiger partial charge in [0, 0.05) is 25.6 Å². The van der Waals surface area contributed by atoms with E-state index < -0.39 is 0 Å². The molecule has 0 fully saturated rings. The summed E-state index contributed by atoms with van der Waals surface area (Å²) in [5, 5.41) is 2.73. The maximum absolute atomic E-state index is 13.7. The number of amides is 1. The molecule has 1 heterocycles. The van der Waals surface area contributed by atoms with Gasteiger partial charge >= 0.3 is 0 Å². The predicted molar refractivity (Wildman–Crippen MR) is 85.3 cm³/mol. The molecule has 0 radical (unpaired) electrons. The van der Waals surface area contributed by atoms with Gasteiger partial charge in [0.1, 0.15) is 11.6 Å². The van der Waals surface area contributed by atoms with E-state index in [2.05, 4.69) is 10.3 Å². The summed E-state index contributed by atoms with van der Waals surface area (Å²) in [5.74, 6) is 0.536. The fourth-order valence-electron chi connectivity index (χ4n) is 2.02. The molecule has 20 heavy (non-hydrogen) atoms. The summed E-state index contributed by atoms with van der Waals surface area (Å²) in [7, 11) is 0. The van der Waals surface area contributed by atoms with E-state index in [1.54, 1.807) is 10.6 Å². The number of nitrogens with one attached hydrogen (secondary N) is 1. The van der Waals surface area contributed by atoms with Crippen LogP contribution in [-0.2, 0) is 17.2 Å². The molecule has 1 N–H and O–H groups in total. The lowest BCUT2D eigenvalue weighted by Crippen LogP contribution is -2.24. The van der Waals surface area contributed by atoms with Crippen LogP contribution >= 0.6 is 34.2 Å². The van der Waals surface area contributed by atoms with Crippen molar-refractivity contribution in [1.82, 2.24) is 14.9 Å². The molecule has 7 heteroatoms. The number of fused-ring (bicyclic) bond motifs is 1. The molecule has 0 aliphatic heterocycles. The number of benzene rings is 1. The van der Waals surface area contributed by atoms with Gasteiger partial charge in [-0.25, -0.2) is 9.37 Å². The van der Waals surface area contributed by atoms with Crippen molar-refractivity contribution < 1.29 is 9.18 Å². The van der Waals surface area contributed by atoms with Gasteiger partial charge in [-0.15, -0.1) is 11.6 Å². The molecule has 108 valence electrons. The number of hydrogen-bond acceptors (Lipinski definition) is 2. The molecule has 1 amide bonds. The highest BCUT2D eigenvalue weighted by atomic mass is 127. The molecule has 0 saturated carbocycles. The molecule has 1 aromatic carbocycles. The maximum atomic E-state index is 13.7. The first-order valence-corrected chi connectivity index (χ1v) is 7.85. The Morgan fingerprint density at radius 2 is 2.30 bits per heavy atom. The van der Waals surface area contributed by atoms with Crippen LogP contribution in [0.15, 0.2) is 12.1 Å². The van der Waals surface area contributed by atoms with E-state index in [0.29, 0.717) is 39.9 Å². The molecule has 2 rings (SSSR count). The van der Waals surface area contributed by atoms with Crippen molar-refractivity contribution in [1.29, 1.82) is 0 Å². The van der Waals surface area contributed by atoms with Gasteiger partial charge in [-0.1, -0.05) is 0 Å². The van der Waals surface area contributed by atoms with E-state index in [1.807, 2.05) is 29.5 Å². The largest absolute Gasteiger partial charge is 0.356 e. The lowest BCUT2D eigenvalue weighted by molar-refractivity contribution is -0.121. The van der Waals surface area contributed by atoms with Gasteiger partial charge in [-0.3, -0.25) is 4.79 Å². The second-order valence-electron chi connectivity index (χ2n) is 4.27. The van der Waals surface area contributed by atoms with Gasteiger partial charge in [-0.2, -0.15) is 0 Å². The predicted octanol–water partition coefficient (Wildman–Crippen LogP) is 3.05. The molecule has 1 aromatic heterocycles. The van der Waals surface area contributed by atoms with Gasteiger partial charge in [0.25, 0.3) is 0 Å². The number of nitrogens with zero attached hydrogens (tertiary/aromatic N) is 2. The van der Waals surface area contributed by atoms with Crippen LogP contribution in [0.1, 0.15) is 19.2 Å². The van der Waals surface area contributed by atoms with Gasteiger partial charge in [-0.05, 0) is 35.6 Å². The van der Waals surface area contributed by atoms with E-state index in [1.165, 1.54) is 6.07 Å². The molecule has 4 nitrogen and oxygen atoms in total. The van der Waals surface area contributed by atoms with E-state index in [-0.39, 0.29) is 17.6 Å². The Hall–Kier alpha value is -0.890. The third kappa shape index (κ3) is 3.22. The summed E-state index contributed by atoms with van der Waals surface area (Å²) < 4.78 is 16.0. The fraction of sp³-hybridized carbons (Fsp3) is 0.385. The summed E-state index contributed by atoms with van der Waals surface area (Å²) in [6.07, 6.45) is 0.316. The highest BCUT2D eigenvalue weighted by Gasteiger charge is 2.13. The van der Waals surface area contributed by atoms with Crippen molar-refractivity contribution in [3.8, 4) is 0 Å². The number of carbonyl (C=O) groups is 1. The Morgan fingerprint density at radius 1 is 1.55 bits per heavy atom. The topological polar surface area (TPSA) is 46.9 Å². The molecule has 0 atom stereocenters. The second kappa shape index (κ2) is 6.71. The molecule has 0 aliphatic rings. The minimum atomic E-state index is -0.293. The average molecular weight is 410 g/mol. The zero-order valence-corrected chi connectivity index (χ0v) is 13.8. The van der Waals surface area contributed by atoms with Crippen LogP contribution < -0.4 is 5.32 Å². The van der Waals surface area contributed by atoms with E-state index in [9.17, 15) is 9.18 Å². The number of aryl methyl sites for hydroxylation is 1. The Labute approximate surface area is 134 Å². The summed E-state index contributed by atoms with van der Waals surface area (Å²) in [5.41, 5.74) is 1.37. The van der Waals surface area contributed by atoms with Gasteiger partial charge in [0.2, 0.25) is 5.91 Å². The zero-order valence-electron chi connectivity index (χ0n) is 10.9. The van der Waals surface area contributed by atoms with E-state index >= 15 is 0 Å². The third-order valence-corrected chi connectivity index (χ3v) is 3.99. The number of aromatic nitrogens is 2. The van der Waals surface area contributed by atoms with Crippen LogP contribution in [-0.4, -0.2) is 22.0 Å². The molecular weight excluding hydrogens is 396 g/mol. The molecule has 0 spiro atoms. The monoisotopic (exact) mass is 409 g/mol. The average Bonchev–Trinajstić information content (AvgIpc) is 2.74. The maximum Gasteiger partial charge on any atom is 0.221 e. The molecular formula is C13H14ClFIN3O. The molecule has 0 aliphatic carbocycles. The first-order valence-electron chi connectivity index (χ1n) is 6.23. The lowest BCUT2D eigenvalue weighted by Gasteiger charge is -2.08. The summed E-state index contributed by atoms with van der Waals surface area (Å²) in [6, 6.07) is 3.13. The SMILES string of the molecule is CCNC(=O)CCn1c(CCl)nc2cc(I)c(F)cc21. The third-order valence-electron chi connectivity index (χ3n) is 2.93. The number of halogens is 3. The van der Waals surface area contributed by atoms with E-state index in [0.717, 1.165) is 0 Å². The van der Waals surface area contributed by atoms with Crippen LogP contribution in [0.2, 0.25) is 0 Å². The summed E-state index contributed by atoms with van der Waals surface area (Å²) in [6.45, 7) is 2.90. The quantitative estimate of drug-likeness (QED) is 0.609. The molecule has 2 aromatic rings. The van der Waals surface area contributed by atoms with Crippen molar-refractivity contribution in [2.75, 3.05) is 6.54 Å². The van der Waals surface area contributed by atoms with Crippen molar-refractivity contribution in [3.63, 3.8) is 0 Å². The highest BCUT2D eigenvalue weighted by Crippen LogP contribution is 2.23. The summed E-state index contributed by atoms with van der Waals surface area (Å²) >= 11 is 7.81. The standard InChI is InChI=1S/C13H14ClFIN3O/c1-2-17-13(20)3-4-19-11-5-8(15)9(16)6-10(11)18-12(19)7-14/h5-6H,2-4,7H2,1H3,(H,17,20). The smallest absolute Gasteiger partial charge is 0.221 e. The van der Waals surface area contributed by atoms with Crippen LogP contribution in [0.5, 0.6) is 0 Å². The summed E-state index contributed by atoms with van der Waals surface area (Å²) in [4.78, 5) is 15.9. The Bertz CT molecular complexity index is 644. The Kier molecular flexibility index (Phi) is 5.20. The minimum absolute atomic E-state index is 0.0409. The van der Waals surface area contributed by atoms with Crippen LogP contribution in [0, 0.1) is 9.39 Å². The van der Waals surface area contributed by atoms with Crippen molar-refractivity contribution >= 4 is 51.1 Å².